The molecule has 0 spiro atoms. The predicted molar refractivity (Wildman–Crippen MR) is 131 cm³/mol. The smallest absolute Gasteiger partial charge is 0.253 e. The van der Waals surface area contributed by atoms with E-state index in [4.69, 9.17) is 14.1 Å². The fourth-order valence-corrected chi connectivity index (χ4v) is 4.30. The SMILES string of the molecule is CCCOCCNC(=O)c1ccc(C)nc1C1CCN(C(=O)Cn2ccc(-c3ccco3)n2)CC1. The lowest BCUT2D eigenvalue weighted by Crippen LogP contribution is -2.40. The van der Waals surface area contributed by atoms with E-state index in [9.17, 15) is 9.59 Å². The number of aryl methyl sites for hydroxylation is 1. The highest BCUT2D eigenvalue weighted by Gasteiger charge is 2.28. The fraction of sp³-hybridized carbons (Fsp3) is 0.462. The Labute approximate surface area is 205 Å². The van der Waals surface area contributed by atoms with Crippen LogP contribution in [0.2, 0.25) is 0 Å². The number of nitrogens with one attached hydrogen (secondary N) is 1. The van der Waals surface area contributed by atoms with Crippen molar-refractivity contribution in [2.45, 2.75) is 45.6 Å². The van der Waals surface area contributed by atoms with Gasteiger partial charge < -0.3 is 19.4 Å². The van der Waals surface area contributed by atoms with Crippen molar-refractivity contribution in [1.82, 2.24) is 25.0 Å². The number of furan rings is 1. The molecule has 0 unspecified atom stereocenters. The Morgan fingerprint density at radius 1 is 1.17 bits per heavy atom. The summed E-state index contributed by atoms with van der Waals surface area (Å²) in [5.74, 6) is 0.708. The molecular weight excluding hydrogens is 446 g/mol. The average Bonchev–Trinajstić information content (AvgIpc) is 3.56. The summed E-state index contributed by atoms with van der Waals surface area (Å²) in [5.41, 5.74) is 3.01. The zero-order valence-corrected chi connectivity index (χ0v) is 20.4. The first kappa shape index (κ1) is 24.7. The summed E-state index contributed by atoms with van der Waals surface area (Å²) in [4.78, 5) is 32.3. The zero-order chi connectivity index (χ0) is 24.6. The van der Waals surface area contributed by atoms with Crippen LogP contribution < -0.4 is 5.32 Å². The van der Waals surface area contributed by atoms with Gasteiger partial charge in [0.15, 0.2) is 5.76 Å². The molecule has 1 aliphatic rings. The zero-order valence-electron chi connectivity index (χ0n) is 20.4. The van der Waals surface area contributed by atoms with Crippen LogP contribution in [0.15, 0.2) is 47.2 Å². The van der Waals surface area contributed by atoms with Gasteiger partial charge in [0, 0.05) is 44.0 Å². The van der Waals surface area contributed by atoms with Crippen molar-refractivity contribution in [3.8, 4) is 11.5 Å². The molecule has 3 aromatic rings. The number of aromatic nitrogens is 3. The van der Waals surface area contributed by atoms with E-state index in [0.717, 1.165) is 30.7 Å². The van der Waals surface area contributed by atoms with Crippen LogP contribution >= 0.6 is 0 Å². The van der Waals surface area contributed by atoms with E-state index in [0.29, 0.717) is 49.9 Å². The molecule has 0 aromatic carbocycles. The maximum atomic E-state index is 12.9. The van der Waals surface area contributed by atoms with Gasteiger partial charge in [-0.2, -0.15) is 5.10 Å². The Hall–Kier alpha value is -3.46. The summed E-state index contributed by atoms with van der Waals surface area (Å²) in [6.45, 7) is 7.07. The lowest BCUT2D eigenvalue weighted by molar-refractivity contribution is -0.133. The van der Waals surface area contributed by atoms with Gasteiger partial charge in [-0.3, -0.25) is 19.3 Å². The van der Waals surface area contributed by atoms with Gasteiger partial charge in [-0.25, -0.2) is 0 Å². The van der Waals surface area contributed by atoms with Gasteiger partial charge in [-0.05, 0) is 56.5 Å². The summed E-state index contributed by atoms with van der Waals surface area (Å²) >= 11 is 0. The maximum Gasteiger partial charge on any atom is 0.253 e. The van der Waals surface area contributed by atoms with Gasteiger partial charge in [0.1, 0.15) is 12.2 Å². The third-order valence-electron chi connectivity index (χ3n) is 6.13. The first-order valence-electron chi connectivity index (χ1n) is 12.2. The first-order chi connectivity index (χ1) is 17.0. The van der Waals surface area contributed by atoms with E-state index < -0.39 is 0 Å². The molecule has 1 aliphatic heterocycles. The molecule has 1 N–H and O–H groups in total. The van der Waals surface area contributed by atoms with Crippen molar-refractivity contribution in [3.63, 3.8) is 0 Å². The Morgan fingerprint density at radius 2 is 2.00 bits per heavy atom. The molecule has 2 amide bonds. The van der Waals surface area contributed by atoms with E-state index in [1.54, 1.807) is 17.1 Å². The van der Waals surface area contributed by atoms with E-state index in [1.165, 1.54) is 0 Å². The largest absolute Gasteiger partial charge is 0.463 e. The number of ether oxygens (including phenoxy) is 1. The maximum absolute atomic E-state index is 12.9. The first-order valence-corrected chi connectivity index (χ1v) is 12.2. The summed E-state index contributed by atoms with van der Waals surface area (Å²) in [7, 11) is 0. The molecule has 9 heteroatoms. The molecule has 186 valence electrons. The van der Waals surface area contributed by atoms with Crippen LogP contribution in [0.5, 0.6) is 0 Å². The number of rotatable bonds is 10. The summed E-state index contributed by atoms with van der Waals surface area (Å²) in [5, 5.41) is 7.38. The lowest BCUT2D eigenvalue weighted by Gasteiger charge is -2.32. The van der Waals surface area contributed by atoms with Crippen molar-refractivity contribution < 1.29 is 18.7 Å². The van der Waals surface area contributed by atoms with Crippen LogP contribution in [0.25, 0.3) is 11.5 Å². The number of nitrogens with zero attached hydrogens (tertiary/aromatic N) is 4. The van der Waals surface area contributed by atoms with Crippen molar-refractivity contribution in [2.75, 3.05) is 32.8 Å². The minimum absolute atomic E-state index is 0.0276. The van der Waals surface area contributed by atoms with Crippen LogP contribution in [-0.2, 0) is 16.1 Å². The molecule has 0 atom stereocenters. The highest BCUT2D eigenvalue weighted by atomic mass is 16.5. The third kappa shape index (κ3) is 6.36. The van der Waals surface area contributed by atoms with Crippen LogP contribution in [0.3, 0.4) is 0 Å². The molecule has 0 aliphatic carbocycles. The molecule has 0 radical (unpaired) electrons. The number of hydrogen-bond donors (Lipinski definition) is 1. The topological polar surface area (TPSA) is 102 Å². The molecule has 4 heterocycles. The Morgan fingerprint density at radius 3 is 2.74 bits per heavy atom. The minimum atomic E-state index is -0.128. The van der Waals surface area contributed by atoms with Crippen LogP contribution in [0, 0.1) is 6.92 Å². The van der Waals surface area contributed by atoms with E-state index in [2.05, 4.69) is 17.3 Å². The molecular formula is C26H33N5O4. The number of carbonyl (C=O) groups excluding carboxylic acids is 2. The van der Waals surface area contributed by atoms with Crippen molar-refractivity contribution in [3.05, 3.63) is 59.7 Å². The Kier molecular flexibility index (Phi) is 8.31. The monoisotopic (exact) mass is 479 g/mol. The molecule has 1 fully saturated rings. The van der Waals surface area contributed by atoms with Crippen LogP contribution in [0.4, 0.5) is 0 Å². The molecule has 1 saturated heterocycles. The van der Waals surface area contributed by atoms with E-state index in [1.807, 2.05) is 42.2 Å². The minimum Gasteiger partial charge on any atom is -0.463 e. The summed E-state index contributed by atoms with van der Waals surface area (Å²) in [6.07, 6.45) is 5.87. The highest BCUT2D eigenvalue weighted by molar-refractivity contribution is 5.95. The van der Waals surface area contributed by atoms with E-state index >= 15 is 0 Å². The van der Waals surface area contributed by atoms with Gasteiger partial charge in [0.2, 0.25) is 5.91 Å². The van der Waals surface area contributed by atoms with Crippen LogP contribution in [-0.4, -0.2) is 64.3 Å². The number of pyridine rings is 1. The molecule has 35 heavy (non-hydrogen) atoms. The standard InChI is InChI=1S/C26H33N5O4/c1-3-15-34-17-11-27-26(33)21-7-6-19(2)28-25(21)20-8-12-30(13-9-20)24(32)18-31-14-10-22(29-31)23-5-4-16-35-23/h4-7,10,14,16,20H,3,8-9,11-13,15,17-18H2,1-2H3,(H,27,33). The second-order valence-electron chi connectivity index (χ2n) is 8.78. The highest BCUT2D eigenvalue weighted by Crippen LogP contribution is 2.29. The Balaban J connectivity index is 1.33. The quantitative estimate of drug-likeness (QED) is 0.447. The second-order valence-corrected chi connectivity index (χ2v) is 8.78. The second kappa shape index (κ2) is 11.8. The normalized spacial score (nSPS) is 14.3. The summed E-state index contributed by atoms with van der Waals surface area (Å²) in [6, 6.07) is 9.21. The number of carbonyl (C=O) groups is 2. The van der Waals surface area contributed by atoms with Crippen molar-refractivity contribution >= 4 is 11.8 Å². The van der Waals surface area contributed by atoms with Crippen molar-refractivity contribution in [2.24, 2.45) is 0 Å². The third-order valence-corrected chi connectivity index (χ3v) is 6.13. The van der Waals surface area contributed by atoms with Crippen molar-refractivity contribution in [1.29, 1.82) is 0 Å². The molecule has 4 rings (SSSR count). The predicted octanol–water partition coefficient (Wildman–Crippen LogP) is 3.41. The number of piperidine rings is 1. The molecule has 9 nitrogen and oxygen atoms in total. The van der Waals surface area contributed by atoms with Gasteiger partial charge in [0.25, 0.3) is 5.91 Å². The van der Waals surface area contributed by atoms with Gasteiger partial charge in [-0.15, -0.1) is 0 Å². The summed E-state index contributed by atoms with van der Waals surface area (Å²) < 4.78 is 12.5. The van der Waals surface area contributed by atoms with Gasteiger partial charge >= 0.3 is 0 Å². The number of amides is 2. The molecule has 0 bridgehead atoms. The number of likely N-dealkylation sites (tertiary alicyclic amines) is 1. The fourth-order valence-electron chi connectivity index (χ4n) is 4.30. The lowest BCUT2D eigenvalue weighted by atomic mass is 9.89. The Bertz CT molecular complexity index is 1120. The van der Waals surface area contributed by atoms with E-state index in [-0.39, 0.29) is 24.3 Å². The van der Waals surface area contributed by atoms with Gasteiger partial charge in [0.05, 0.1) is 24.1 Å². The van der Waals surface area contributed by atoms with Crippen LogP contribution in [0.1, 0.15) is 53.8 Å². The molecule has 3 aromatic heterocycles. The molecule has 0 saturated carbocycles. The average molecular weight is 480 g/mol. The number of hydrogen-bond acceptors (Lipinski definition) is 6. The van der Waals surface area contributed by atoms with Gasteiger partial charge in [-0.1, -0.05) is 6.92 Å².